The van der Waals surface area contributed by atoms with Gasteiger partial charge in [-0.2, -0.15) is 0 Å². The molecule has 0 saturated carbocycles. The van der Waals surface area contributed by atoms with Gasteiger partial charge in [-0.3, -0.25) is 0 Å². The number of ether oxygens (including phenoxy) is 1. The van der Waals surface area contributed by atoms with Crippen LogP contribution in [0, 0.1) is 27.7 Å². The van der Waals surface area contributed by atoms with Gasteiger partial charge in [0, 0.05) is 10.5 Å². The summed E-state index contributed by atoms with van der Waals surface area (Å²) in [6, 6.07) is 19.3. The zero-order valence-corrected chi connectivity index (χ0v) is 17.7. The Kier molecular flexibility index (Phi) is 5.03. The Balaban J connectivity index is 1.65. The van der Waals surface area contributed by atoms with Crippen molar-refractivity contribution < 1.29 is 4.74 Å². The normalized spacial score (nSPS) is 16.0. The van der Waals surface area contributed by atoms with Crippen molar-refractivity contribution in [1.82, 2.24) is 0 Å². The monoisotopic (exact) mass is 387 g/mol. The molecule has 0 fully saturated rings. The van der Waals surface area contributed by atoms with Gasteiger partial charge in [-0.25, -0.2) is 4.99 Å². The van der Waals surface area contributed by atoms with Gasteiger partial charge in [0.25, 0.3) is 0 Å². The molecule has 1 heterocycles. The number of aryl methyl sites for hydroxylation is 4. The molecule has 3 heteroatoms. The molecule has 1 unspecified atom stereocenters. The van der Waals surface area contributed by atoms with E-state index in [0.29, 0.717) is 6.61 Å². The van der Waals surface area contributed by atoms with Crippen molar-refractivity contribution in [2.45, 2.75) is 38.6 Å². The van der Waals surface area contributed by atoms with Crippen LogP contribution < -0.4 is 0 Å². The average Bonchev–Trinajstić information content (AvgIpc) is 3.10. The highest BCUT2D eigenvalue weighted by molar-refractivity contribution is 7.80. The highest BCUT2D eigenvalue weighted by Gasteiger charge is 2.25. The lowest BCUT2D eigenvalue weighted by molar-refractivity contribution is 0.319. The number of benzene rings is 3. The van der Waals surface area contributed by atoms with Crippen molar-refractivity contribution in [1.29, 1.82) is 0 Å². The van der Waals surface area contributed by atoms with Crippen molar-refractivity contribution in [3.63, 3.8) is 0 Å². The quantitative estimate of drug-likeness (QED) is 0.516. The molecule has 28 heavy (non-hydrogen) atoms. The van der Waals surface area contributed by atoms with Crippen molar-refractivity contribution in [2.75, 3.05) is 6.61 Å². The summed E-state index contributed by atoms with van der Waals surface area (Å²) in [5, 5.41) is 0. The molecule has 1 aliphatic heterocycles. The lowest BCUT2D eigenvalue weighted by atomic mass is 9.96. The van der Waals surface area contributed by atoms with Gasteiger partial charge in [0.15, 0.2) is 0 Å². The zero-order valence-electron chi connectivity index (χ0n) is 16.8. The minimum absolute atomic E-state index is 0.0453. The largest absolute Gasteiger partial charge is 0.475 e. The van der Waals surface area contributed by atoms with Crippen molar-refractivity contribution in [3.8, 4) is 11.1 Å². The number of rotatable bonds is 3. The van der Waals surface area contributed by atoms with E-state index in [1.54, 1.807) is 0 Å². The van der Waals surface area contributed by atoms with E-state index < -0.39 is 0 Å². The van der Waals surface area contributed by atoms with Crippen LogP contribution in [-0.2, 0) is 4.74 Å². The second-order valence-corrected chi connectivity index (χ2v) is 8.17. The molecule has 1 atom stereocenters. The summed E-state index contributed by atoms with van der Waals surface area (Å²) in [6.45, 7) is 9.13. The first-order valence-corrected chi connectivity index (χ1v) is 10.1. The Morgan fingerprint density at radius 3 is 2.11 bits per heavy atom. The van der Waals surface area contributed by atoms with E-state index in [1.165, 1.54) is 38.9 Å². The van der Waals surface area contributed by atoms with E-state index in [1.807, 2.05) is 12.1 Å². The smallest absolute Gasteiger partial charge is 0.217 e. The molecule has 1 aliphatic rings. The highest BCUT2D eigenvalue weighted by Crippen LogP contribution is 2.32. The second kappa shape index (κ2) is 7.48. The molecule has 2 nitrogen and oxygen atoms in total. The summed E-state index contributed by atoms with van der Waals surface area (Å²) < 4.78 is 6.03. The van der Waals surface area contributed by atoms with Crippen LogP contribution in [0.25, 0.3) is 11.1 Å². The van der Waals surface area contributed by atoms with Crippen LogP contribution in [0.5, 0.6) is 0 Å². The van der Waals surface area contributed by atoms with Crippen molar-refractivity contribution >= 4 is 18.5 Å². The molecule has 0 radical (unpaired) electrons. The van der Waals surface area contributed by atoms with E-state index in [-0.39, 0.29) is 6.04 Å². The standard InChI is InChI=1S/C25H25NOS/c1-15-11-17(3)24(18(4)12-15)25-26-23(14-27-25)22-10-7-20(13-16(22)2)19-5-8-21(28)9-6-19/h5-13,23,28H,14H2,1-4H3. The predicted octanol–water partition coefficient (Wildman–Crippen LogP) is 6.39. The number of hydrogen-bond donors (Lipinski definition) is 1. The molecular weight excluding hydrogens is 362 g/mol. The van der Waals surface area contributed by atoms with Gasteiger partial charge < -0.3 is 4.74 Å². The van der Waals surface area contributed by atoms with E-state index in [0.717, 1.165) is 16.4 Å². The summed E-state index contributed by atoms with van der Waals surface area (Å²) in [6.07, 6.45) is 0. The van der Waals surface area contributed by atoms with Gasteiger partial charge in [0.1, 0.15) is 12.6 Å². The van der Waals surface area contributed by atoms with Crippen LogP contribution in [-0.4, -0.2) is 12.5 Å². The number of thiol groups is 1. The Hall–Kier alpha value is -2.52. The minimum Gasteiger partial charge on any atom is -0.475 e. The summed E-state index contributed by atoms with van der Waals surface area (Å²) in [5.41, 5.74) is 9.72. The average molecular weight is 388 g/mol. The molecule has 0 N–H and O–H groups in total. The van der Waals surface area contributed by atoms with Crippen LogP contribution in [0.2, 0.25) is 0 Å². The fraction of sp³-hybridized carbons (Fsp3) is 0.240. The fourth-order valence-corrected chi connectivity index (χ4v) is 4.22. The maximum Gasteiger partial charge on any atom is 0.217 e. The Bertz CT molecular complexity index is 1040. The van der Waals surface area contributed by atoms with Crippen LogP contribution in [0.3, 0.4) is 0 Å². The van der Waals surface area contributed by atoms with Crippen LogP contribution >= 0.6 is 12.6 Å². The van der Waals surface area contributed by atoms with Crippen molar-refractivity contribution in [2.24, 2.45) is 4.99 Å². The highest BCUT2D eigenvalue weighted by atomic mass is 32.1. The third-order valence-electron chi connectivity index (χ3n) is 5.37. The van der Waals surface area contributed by atoms with Gasteiger partial charge >= 0.3 is 0 Å². The Morgan fingerprint density at radius 1 is 0.821 bits per heavy atom. The number of hydrogen-bond acceptors (Lipinski definition) is 3. The Morgan fingerprint density at radius 2 is 1.46 bits per heavy atom. The third-order valence-corrected chi connectivity index (χ3v) is 5.67. The Labute approximate surface area is 172 Å². The summed E-state index contributed by atoms with van der Waals surface area (Å²) in [4.78, 5) is 5.91. The summed E-state index contributed by atoms with van der Waals surface area (Å²) >= 11 is 4.37. The van der Waals surface area contributed by atoms with E-state index in [4.69, 9.17) is 9.73 Å². The van der Waals surface area contributed by atoms with Crippen LogP contribution in [0.15, 0.2) is 64.5 Å². The van der Waals surface area contributed by atoms with E-state index in [2.05, 4.69) is 82.8 Å². The molecular formula is C25H25NOS. The zero-order chi connectivity index (χ0) is 19.8. The van der Waals surface area contributed by atoms with Gasteiger partial charge in [0.05, 0.1) is 0 Å². The first-order valence-electron chi connectivity index (χ1n) is 9.61. The first-order chi connectivity index (χ1) is 13.4. The molecule has 3 aromatic rings. The third kappa shape index (κ3) is 3.59. The maximum absolute atomic E-state index is 6.03. The molecule has 0 spiro atoms. The lowest BCUT2D eigenvalue weighted by Gasteiger charge is -2.11. The summed E-state index contributed by atoms with van der Waals surface area (Å²) in [7, 11) is 0. The topological polar surface area (TPSA) is 21.6 Å². The van der Waals surface area contributed by atoms with E-state index >= 15 is 0 Å². The van der Waals surface area contributed by atoms with E-state index in [9.17, 15) is 0 Å². The molecule has 0 amide bonds. The minimum atomic E-state index is 0.0453. The molecule has 142 valence electrons. The van der Waals surface area contributed by atoms with Crippen molar-refractivity contribution in [3.05, 3.63) is 88.0 Å². The van der Waals surface area contributed by atoms with Gasteiger partial charge in [-0.15, -0.1) is 12.6 Å². The van der Waals surface area contributed by atoms with Gasteiger partial charge in [-0.1, -0.05) is 48.0 Å². The molecule has 3 aromatic carbocycles. The lowest BCUT2D eigenvalue weighted by Crippen LogP contribution is -2.06. The van der Waals surface area contributed by atoms with Crippen LogP contribution in [0.1, 0.15) is 39.4 Å². The predicted molar refractivity (Wildman–Crippen MR) is 120 cm³/mol. The van der Waals surface area contributed by atoms with Gasteiger partial charge in [-0.05, 0) is 73.2 Å². The van der Waals surface area contributed by atoms with Gasteiger partial charge in [0.2, 0.25) is 5.90 Å². The first kappa shape index (κ1) is 18.8. The molecule has 4 rings (SSSR count). The number of nitrogens with zero attached hydrogens (tertiary/aromatic N) is 1. The fourth-order valence-electron chi connectivity index (χ4n) is 4.07. The molecule has 0 bridgehead atoms. The molecule has 0 saturated heterocycles. The summed E-state index contributed by atoms with van der Waals surface area (Å²) in [5.74, 6) is 0.771. The SMILES string of the molecule is Cc1cc(C)c(C2=NC(c3ccc(-c4ccc(S)cc4)cc3C)CO2)c(C)c1. The molecule has 0 aliphatic carbocycles. The maximum atomic E-state index is 6.03. The van der Waals surface area contributed by atoms with Crippen LogP contribution in [0.4, 0.5) is 0 Å². The number of aliphatic imine (C=N–C) groups is 1. The molecule has 0 aromatic heterocycles. The second-order valence-electron chi connectivity index (χ2n) is 7.65.